The molecule has 1 rings (SSSR count). The average Bonchev–Trinajstić information content (AvgIpc) is 2.83. The predicted octanol–water partition coefficient (Wildman–Crippen LogP) is 1.03. The molecule has 0 fully saturated rings. The molecule has 0 radical (unpaired) electrons. The van der Waals surface area contributed by atoms with Crippen LogP contribution in [0, 0.1) is 5.41 Å². The lowest BCUT2D eigenvalue weighted by Crippen LogP contribution is -2.34. The molecule has 106 valence electrons. The van der Waals surface area contributed by atoms with Gasteiger partial charge in [0.2, 0.25) is 11.9 Å². The van der Waals surface area contributed by atoms with Crippen LogP contribution in [0.1, 0.15) is 33.1 Å². The fourth-order valence-corrected chi connectivity index (χ4v) is 1.76. The summed E-state index contributed by atoms with van der Waals surface area (Å²) in [5.74, 6) is -1.26. The molecule has 1 heterocycles. The highest BCUT2D eigenvalue weighted by Gasteiger charge is 2.37. The number of hydrogen-bond acceptors (Lipinski definition) is 5. The first kappa shape index (κ1) is 14.9. The Bertz CT molecular complexity index is 453. The van der Waals surface area contributed by atoms with Gasteiger partial charge in [0.1, 0.15) is 0 Å². The molecule has 0 aliphatic rings. The minimum absolute atomic E-state index is 0.103. The van der Waals surface area contributed by atoms with Crippen LogP contribution in [0.3, 0.4) is 0 Å². The average molecular weight is 270 g/mol. The van der Waals surface area contributed by atoms with Gasteiger partial charge in [0.05, 0.1) is 12.5 Å². The maximum Gasteiger partial charge on any atom is 0.336 e. The second kappa shape index (κ2) is 6.17. The third-order valence-corrected chi connectivity index (χ3v) is 3.21. The Morgan fingerprint density at radius 3 is 2.47 bits per heavy atom. The Kier molecular flexibility index (Phi) is 4.85. The molecule has 0 atom stereocenters. The van der Waals surface area contributed by atoms with Gasteiger partial charge in [0, 0.05) is 6.42 Å². The van der Waals surface area contributed by atoms with Crippen LogP contribution in [-0.4, -0.2) is 39.3 Å². The molecule has 0 aliphatic heterocycles. The number of hydrogen-bond donors (Lipinski definition) is 3. The molecule has 1 amide bonds. The molecule has 0 unspecified atom stereocenters. The van der Waals surface area contributed by atoms with Crippen molar-refractivity contribution in [3.63, 3.8) is 0 Å². The molecule has 0 saturated heterocycles. The second-order valence-electron chi connectivity index (χ2n) is 4.19. The smallest absolute Gasteiger partial charge is 0.336 e. The molecular formula is C11H18N4O4. The first-order chi connectivity index (χ1) is 8.97. The number of amides is 1. The number of nitrogens with zero attached hydrogens (tertiary/aromatic N) is 2. The van der Waals surface area contributed by atoms with Gasteiger partial charge in [0.15, 0.2) is 0 Å². The number of anilines is 1. The summed E-state index contributed by atoms with van der Waals surface area (Å²) in [5.41, 5.74) is -1.05. The Hall–Kier alpha value is -2.12. The van der Waals surface area contributed by atoms with E-state index in [1.165, 1.54) is 7.11 Å². The molecule has 0 aromatic carbocycles. The van der Waals surface area contributed by atoms with Gasteiger partial charge in [0.25, 0.3) is 0 Å². The molecule has 19 heavy (non-hydrogen) atoms. The van der Waals surface area contributed by atoms with E-state index in [0.29, 0.717) is 12.8 Å². The van der Waals surface area contributed by atoms with Gasteiger partial charge in [-0.2, -0.15) is 4.98 Å². The Labute approximate surface area is 110 Å². The van der Waals surface area contributed by atoms with Crippen molar-refractivity contribution in [1.29, 1.82) is 0 Å². The lowest BCUT2D eigenvalue weighted by Gasteiger charge is -2.25. The van der Waals surface area contributed by atoms with Gasteiger partial charge in [-0.3, -0.25) is 14.9 Å². The summed E-state index contributed by atoms with van der Waals surface area (Å²) in [6.45, 7) is 3.50. The van der Waals surface area contributed by atoms with Crippen molar-refractivity contribution < 1.29 is 19.4 Å². The van der Waals surface area contributed by atoms with Crippen molar-refractivity contribution in [3.8, 4) is 6.01 Å². The van der Waals surface area contributed by atoms with Crippen LogP contribution in [0.4, 0.5) is 5.95 Å². The number of carbonyl (C=O) groups excluding carboxylic acids is 1. The number of rotatable bonds is 7. The first-order valence-corrected chi connectivity index (χ1v) is 5.97. The Morgan fingerprint density at radius 2 is 2.05 bits per heavy atom. The number of nitrogens with one attached hydrogen (secondary N) is 2. The molecule has 0 saturated carbocycles. The zero-order valence-electron chi connectivity index (χ0n) is 11.2. The number of carbonyl (C=O) groups is 2. The minimum Gasteiger partial charge on any atom is -0.481 e. The molecule has 0 bridgehead atoms. The van der Waals surface area contributed by atoms with Gasteiger partial charge >= 0.3 is 12.0 Å². The van der Waals surface area contributed by atoms with Crippen LogP contribution in [-0.2, 0) is 9.59 Å². The highest BCUT2D eigenvalue weighted by molar-refractivity contribution is 5.92. The zero-order chi connectivity index (χ0) is 14.5. The topological polar surface area (TPSA) is 117 Å². The number of aliphatic carboxylic acids is 1. The number of aromatic nitrogens is 3. The molecule has 1 aromatic rings. The molecule has 0 aliphatic carbocycles. The van der Waals surface area contributed by atoms with E-state index in [4.69, 9.17) is 4.74 Å². The largest absolute Gasteiger partial charge is 0.481 e. The molecular weight excluding hydrogens is 252 g/mol. The number of carboxylic acids is 1. The van der Waals surface area contributed by atoms with Crippen molar-refractivity contribution in [1.82, 2.24) is 15.2 Å². The summed E-state index contributed by atoms with van der Waals surface area (Å²) in [4.78, 5) is 27.0. The molecule has 3 N–H and O–H groups in total. The molecule has 1 aromatic heterocycles. The fraction of sp³-hybridized carbons (Fsp3) is 0.636. The highest BCUT2D eigenvalue weighted by atomic mass is 16.5. The normalized spacial score (nSPS) is 11.1. The molecule has 8 heteroatoms. The van der Waals surface area contributed by atoms with E-state index in [-0.39, 0.29) is 18.4 Å². The van der Waals surface area contributed by atoms with Crippen LogP contribution in [0.2, 0.25) is 0 Å². The zero-order valence-corrected chi connectivity index (χ0v) is 11.2. The molecule has 0 spiro atoms. The Morgan fingerprint density at radius 1 is 1.42 bits per heavy atom. The van der Waals surface area contributed by atoms with Crippen LogP contribution in [0.25, 0.3) is 0 Å². The number of ether oxygens (including phenoxy) is 1. The van der Waals surface area contributed by atoms with E-state index in [9.17, 15) is 14.7 Å². The van der Waals surface area contributed by atoms with Crippen molar-refractivity contribution in [3.05, 3.63) is 0 Å². The number of aromatic amines is 1. The Balaban J connectivity index is 2.70. The maximum absolute atomic E-state index is 11.8. The standard InChI is InChI=1S/C11H18N4O4/c1-4-11(5-2,8(17)18)6-7(16)12-9-13-10(19-3)15-14-9/h4-6H2,1-3H3,(H,17,18)(H2,12,13,14,15,16). The predicted molar refractivity (Wildman–Crippen MR) is 66.8 cm³/mol. The summed E-state index contributed by atoms with van der Waals surface area (Å²) < 4.78 is 4.76. The monoisotopic (exact) mass is 270 g/mol. The van der Waals surface area contributed by atoms with Crippen molar-refractivity contribution in [2.24, 2.45) is 5.41 Å². The van der Waals surface area contributed by atoms with E-state index in [0.717, 1.165) is 0 Å². The van der Waals surface area contributed by atoms with Crippen molar-refractivity contribution in [2.45, 2.75) is 33.1 Å². The van der Waals surface area contributed by atoms with Crippen LogP contribution >= 0.6 is 0 Å². The van der Waals surface area contributed by atoms with Gasteiger partial charge in [-0.1, -0.05) is 13.8 Å². The summed E-state index contributed by atoms with van der Waals surface area (Å²) in [7, 11) is 1.40. The van der Waals surface area contributed by atoms with E-state index in [1.54, 1.807) is 13.8 Å². The summed E-state index contributed by atoms with van der Waals surface area (Å²) in [5, 5.41) is 17.9. The van der Waals surface area contributed by atoms with E-state index >= 15 is 0 Å². The van der Waals surface area contributed by atoms with Crippen molar-refractivity contribution >= 4 is 17.8 Å². The third kappa shape index (κ3) is 3.43. The minimum atomic E-state index is -1.05. The summed E-state index contributed by atoms with van der Waals surface area (Å²) in [6.07, 6.45) is 0.649. The van der Waals surface area contributed by atoms with Gasteiger partial charge in [-0.05, 0) is 12.8 Å². The van der Waals surface area contributed by atoms with Crippen LogP contribution in [0.5, 0.6) is 6.01 Å². The summed E-state index contributed by atoms with van der Waals surface area (Å²) in [6, 6.07) is 0.103. The third-order valence-electron chi connectivity index (χ3n) is 3.21. The fourth-order valence-electron chi connectivity index (χ4n) is 1.76. The van der Waals surface area contributed by atoms with E-state index < -0.39 is 17.3 Å². The maximum atomic E-state index is 11.8. The van der Waals surface area contributed by atoms with E-state index in [1.807, 2.05) is 0 Å². The quantitative estimate of drug-likeness (QED) is 0.681. The van der Waals surface area contributed by atoms with Crippen LogP contribution in [0.15, 0.2) is 0 Å². The number of carboxylic acid groups (broad SMARTS) is 1. The molecule has 8 nitrogen and oxygen atoms in total. The van der Waals surface area contributed by atoms with Gasteiger partial charge < -0.3 is 9.84 Å². The number of methoxy groups -OCH3 is 1. The van der Waals surface area contributed by atoms with Crippen molar-refractivity contribution in [2.75, 3.05) is 12.4 Å². The van der Waals surface area contributed by atoms with Gasteiger partial charge in [-0.15, -0.1) is 5.10 Å². The van der Waals surface area contributed by atoms with Gasteiger partial charge in [-0.25, -0.2) is 5.10 Å². The van der Waals surface area contributed by atoms with E-state index in [2.05, 4.69) is 20.5 Å². The first-order valence-electron chi connectivity index (χ1n) is 5.97. The second-order valence-corrected chi connectivity index (χ2v) is 4.19. The number of H-pyrrole nitrogens is 1. The SMILES string of the molecule is CCC(CC)(CC(=O)Nc1nc(OC)n[nH]1)C(=O)O. The highest BCUT2D eigenvalue weighted by Crippen LogP contribution is 2.31. The lowest BCUT2D eigenvalue weighted by molar-refractivity contribution is -0.151. The van der Waals surface area contributed by atoms with Crippen LogP contribution < -0.4 is 10.1 Å². The summed E-state index contributed by atoms with van der Waals surface area (Å²) >= 11 is 0. The lowest BCUT2D eigenvalue weighted by atomic mass is 9.79.